The monoisotopic (exact) mass is 249 g/mol. The molecule has 1 amide bonds. The van der Waals surface area contributed by atoms with Gasteiger partial charge in [0.2, 0.25) is 5.91 Å². The van der Waals surface area contributed by atoms with Crippen LogP contribution in [0.25, 0.3) is 0 Å². The molecule has 98 valence electrons. The molecular weight excluding hydrogens is 230 g/mol. The van der Waals surface area contributed by atoms with E-state index in [2.05, 4.69) is 4.98 Å². The molecule has 18 heavy (non-hydrogen) atoms. The van der Waals surface area contributed by atoms with Gasteiger partial charge >= 0.3 is 0 Å². The molecule has 0 aromatic carbocycles. The number of carbonyl (C=O) groups excluding carboxylic acids is 1. The van der Waals surface area contributed by atoms with Gasteiger partial charge < -0.3 is 15.4 Å². The van der Waals surface area contributed by atoms with Crippen molar-refractivity contribution < 1.29 is 9.53 Å². The lowest BCUT2D eigenvalue weighted by Crippen LogP contribution is -2.42. The molecule has 1 aliphatic rings. The molecule has 0 radical (unpaired) electrons. The predicted octanol–water partition coefficient (Wildman–Crippen LogP) is 0.799. The van der Waals surface area contributed by atoms with E-state index in [1.165, 1.54) is 0 Å². The highest BCUT2D eigenvalue weighted by Crippen LogP contribution is 2.17. The summed E-state index contributed by atoms with van der Waals surface area (Å²) >= 11 is 0. The number of aromatic nitrogens is 1. The topological polar surface area (TPSA) is 68.5 Å². The molecule has 1 aliphatic heterocycles. The van der Waals surface area contributed by atoms with Gasteiger partial charge in [0.25, 0.3) is 0 Å². The van der Waals surface area contributed by atoms with Crippen molar-refractivity contribution in [3.63, 3.8) is 0 Å². The molecule has 1 aromatic heterocycles. The average molecular weight is 249 g/mol. The number of amides is 1. The van der Waals surface area contributed by atoms with E-state index in [1.807, 2.05) is 19.1 Å². The molecular formula is C13H19N3O2. The minimum absolute atomic E-state index is 0.0230. The Hall–Kier alpha value is -1.62. The van der Waals surface area contributed by atoms with Gasteiger partial charge in [-0.1, -0.05) is 6.92 Å². The first-order valence-corrected chi connectivity index (χ1v) is 6.31. The molecule has 0 unspecified atom stereocenters. The van der Waals surface area contributed by atoms with Crippen molar-refractivity contribution in [3.8, 4) is 5.75 Å². The molecule has 0 spiro atoms. The SMILES string of the molecule is CC[C@@H](N)C(=O)N1CC[C@H](Oc2cccnc2)C1. The number of hydrogen-bond acceptors (Lipinski definition) is 4. The van der Waals surface area contributed by atoms with Crippen molar-refractivity contribution in [1.82, 2.24) is 9.88 Å². The van der Waals surface area contributed by atoms with Gasteiger partial charge in [-0.25, -0.2) is 0 Å². The maximum atomic E-state index is 11.9. The molecule has 1 saturated heterocycles. The highest BCUT2D eigenvalue weighted by atomic mass is 16.5. The van der Waals surface area contributed by atoms with Gasteiger partial charge in [0.1, 0.15) is 11.9 Å². The maximum absolute atomic E-state index is 11.9. The van der Waals surface area contributed by atoms with Crippen molar-refractivity contribution >= 4 is 5.91 Å². The van der Waals surface area contributed by atoms with Crippen LogP contribution in [-0.2, 0) is 4.79 Å². The minimum atomic E-state index is -0.387. The fourth-order valence-corrected chi connectivity index (χ4v) is 2.04. The Morgan fingerprint density at radius 1 is 1.72 bits per heavy atom. The zero-order valence-corrected chi connectivity index (χ0v) is 10.6. The van der Waals surface area contributed by atoms with E-state index < -0.39 is 0 Å². The first-order valence-electron chi connectivity index (χ1n) is 6.31. The third-order valence-electron chi connectivity index (χ3n) is 3.15. The van der Waals surface area contributed by atoms with Crippen LogP contribution in [0.5, 0.6) is 5.75 Å². The molecule has 1 fully saturated rings. The maximum Gasteiger partial charge on any atom is 0.239 e. The fourth-order valence-electron chi connectivity index (χ4n) is 2.04. The molecule has 0 saturated carbocycles. The normalized spacial score (nSPS) is 20.8. The van der Waals surface area contributed by atoms with Crippen LogP contribution in [0.2, 0.25) is 0 Å². The Bertz CT molecular complexity index is 396. The van der Waals surface area contributed by atoms with Crippen molar-refractivity contribution in [2.24, 2.45) is 5.73 Å². The number of hydrogen-bond donors (Lipinski definition) is 1. The Kier molecular flexibility index (Phi) is 4.15. The summed E-state index contributed by atoms with van der Waals surface area (Å²) in [6.45, 7) is 3.25. The Morgan fingerprint density at radius 2 is 2.56 bits per heavy atom. The first kappa shape index (κ1) is 12.8. The Balaban J connectivity index is 1.87. The molecule has 0 aliphatic carbocycles. The first-order chi connectivity index (χ1) is 8.70. The number of carbonyl (C=O) groups is 1. The Morgan fingerprint density at radius 3 is 3.22 bits per heavy atom. The van der Waals surface area contributed by atoms with E-state index in [0.717, 1.165) is 18.7 Å². The van der Waals surface area contributed by atoms with E-state index in [4.69, 9.17) is 10.5 Å². The molecule has 2 rings (SSSR count). The third kappa shape index (κ3) is 2.98. The summed E-state index contributed by atoms with van der Waals surface area (Å²) in [6, 6.07) is 3.32. The second kappa shape index (κ2) is 5.82. The van der Waals surface area contributed by atoms with E-state index >= 15 is 0 Å². The average Bonchev–Trinajstić information content (AvgIpc) is 2.86. The van der Waals surface area contributed by atoms with Crippen LogP contribution in [0.4, 0.5) is 0 Å². The van der Waals surface area contributed by atoms with Crippen LogP contribution in [0.1, 0.15) is 19.8 Å². The highest BCUT2D eigenvalue weighted by Gasteiger charge is 2.29. The summed E-state index contributed by atoms with van der Waals surface area (Å²) < 4.78 is 5.77. The van der Waals surface area contributed by atoms with Gasteiger partial charge in [-0.3, -0.25) is 9.78 Å². The number of nitrogens with zero attached hydrogens (tertiary/aromatic N) is 2. The summed E-state index contributed by atoms with van der Waals surface area (Å²) in [5, 5.41) is 0. The van der Waals surface area contributed by atoms with Crippen molar-refractivity contribution in [2.45, 2.75) is 31.9 Å². The van der Waals surface area contributed by atoms with Gasteiger partial charge in [0.15, 0.2) is 0 Å². The molecule has 2 N–H and O–H groups in total. The number of nitrogens with two attached hydrogens (primary N) is 1. The van der Waals surface area contributed by atoms with Crippen LogP contribution in [0, 0.1) is 0 Å². The highest BCUT2D eigenvalue weighted by molar-refractivity contribution is 5.81. The smallest absolute Gasteiger partial charge is 0.239 e. The van der Waals surface area contributed by atoms with Gasteiger partial charge in [-0.2, -0.15) is 0 Å². The van der Waals surface area contributed by atoms with Crippen LogP contribution in [-0.4, -0.2) is 41.0 Å². The summed E-state index contributed by atoms with van der Waals surface area (Å²) in [4.78, 5) is 17.7. The van der Waals surface area contributed by atoms with Gasteiger partial charge in [0.05, 0.1) is 18.8 Å². The van der Waals surface area contributed by atoms with E-state index in [-0.39, 0.29) is 18.1 Å². The standard InChI is InChI=1S/C13H19N3O2/c1-2-12(14)13(17)16-7-5-11(9-16)18-10-4-3-6-15-8-10/h3-4,6,8,11-12H,2,5,7,9,14H2,1H3/t11-,12+/m0/s1. The summed E-state index contributed by atoms with van der Waals surface area (Å²) in [5.74, 6) is 0.770. The largest absolute Gasteiger partial charge is 0.487 e. The molecule has 0 bridgehead atoms. The lowest BCUT2D eigenvalue weighted by atomic mass is 10.2. The van der Waals surface area contributed by atoms with E-state index in [1.54, 1.807) is 17.3 Å². The fraction of sp³-hybridized carbons (Fsp3) is 0.538. The van der Waals surface area contributed by atoms with E-state index in [9.17, 15) is 4.79 Å². The van der Waals surface area contributed by atoms with E-state index in [0.29, 0.717) is 13.0 Å². The van der Waals surface area contributed by atoms with Crippen molar-refractivity contribution in [1.29, 1.82) is 0 Å². The zero-order valence-electron chi connectivity index (χ0n) is 10.6. The van der Waals surface area contributed by atoms with Gasteiger partial charge in [0, 0.05) is 19.2 Å². The van der Waals surface area contributed by atoms with Crippen LogP contribution >= 0.6 is 0 Å². The molecule has 5 heteroatoms. The second-order valence-electron chi connectivity index (χ2n) is 4.52. The molecule has 1 aromatic rings. The van der Waals surface area contributed by atoms with Crippen molar-refractivity contribution in [2.75, 3.05) is 13.1 Å². The zero-order chi connectivity index (χ0) is 13.0. The van der Waals surface area contributed by atoms with Crippen molar-refractivity contribution in [3.05, 3.63) is 24.5 Å². The van der Waals surface area contributed by atoms with Gasteiger partial charge in [-0.05, 0) is 18.6 Å². The molecule has 2 heterocycles. The Labute approximate surface area is 107 Å². The summed E-state index contributed by atoms with van der Waals surface area (Å²) in [6.07, 6.45) is 4.95. The second-order valence-corrected chi connectivity index (χ2v) is 4.52. The number of pyridine rings is 1. The minimum Gasteiger partial charge on any atom is -0.487 e. The molecule has 5 nitrogen and oxygen atoms in total. The summed E-state index contributed by atoms with van der Waals surface area (Å²) in [7, 11) is 0. The predicted molar refractivity (Wildman–Crippen MR) is 68.1 cm³/mol. The third-order valence-corrected chi connectivity index (χ3v) is 3.15. The summed E-state index contributed by atoms with van der Waals surface area (Å²) in [5.41, 5.74) is 5.75. The lowest BCUT2D eigenvalue weighted by molar-refractivity contribution is -0.131. The van der Waals surface area contributed by atoms with Gasteiger partial charge in [-0.15, -0.1) is 0 Å². The van der Waals surface area contributed by atoms with Crippen LogP contribution < -0.4 is 10.5 Å². The molecule has 2 atom stereocenters. The van der Waals surface area contributed by atoms with Crippen LogP contribution in [0.3, 0.4) is 0 Å². The number of ether oxygens (including phenoxy) is 1. The quantitative estimate of drug-likeness (QED) is 0.857. The lowest BCUT2D eigenvalue weighted by Gasteiger charge is -2.20. The van der Waals surface area contributed by atoms with Crippen LogP contribution in [0.15, 0.2) is 24.5 Å². The number of likely N-dealkylation sites (tertiary alicyclic amines) is 1. The number of rotatable bonds is 4.